The van der Waals surface area contributed by atoms with Gasteiger partial charge in [0.1, 0.15) is 5.82 Å². The van der Waals surface area contributed by atoms with Crippen molar-refractivity contribution in [3.63, 3.8) is 0 Å². The Morgan fingerprint density at radius 2 is 2.11 bits per heavy atom. The molecule has 1 aromatic rings. The van der Waals surface area contributed by atoms with Crippen molar-refractivity contribution >= 4 is 5.91 Å². The average Bonchev–Trinajstić information content (AvgIpc) is 2.35. The summed E-state index contributed by atoms with van der Waals surface area (Å²) in [5.74, 6) is -0.271. The molecule has 18 heavy (non-hydrogen) atoms. The first kappa shape index (κ1) is 13.0. The molecule has 1 aliphatic heterocycles. The summed E-state index contributed by atoms with van der Waals surface area (Å²) >= 11 is 0. The Balaban J connectivity index is 1.80. The van der Waals surface area contributed by atoms with E-state index in [2.05, 4.69) is 17.6 Å². The lowest BCUT2D eigenvalue weighted by Crippen LogP contribution is -2.49. The van der Waals surface area contributed by atoms with E-state index in [1.54, 1.807) is 12.1 Å². The fourth-order valence-electron chi connectivity index (χ4n) is 2.19. The average molecular weight is 250 g/mol. The highest BCUT2D eigenvalue weighted by Crippen LogP contribution is 2.08. The third-order valence-electron chi connectivity index (χ3n) is 3.30. The predicted octanol–water partition coefficient (Wildman–Crippen LogP) is 1.62. The van der Waals surface area contributed by atoms with Gasteiger partial charge in [0.05, 0.1) is 6.42 Å². The van der Waals surface area contributed by atoms with Crippen molar-refractivity contribution in [1.29, 1.82) is 0 Å². The molecule has 1 saturated heterocycles. The quantitative estimate of drug-likeness (QED) is 0.856. The molecule has 3 nitrogen and oxygen atoms in total. The highest BCUT2D eigenvalue weighted by atomic mass is 19.1. The number of benzene rings is 1. The number of hydrogen-bond acceptors (Lipinski definition) is 2. The summed E-state index contributed by atoms with van der Waals surface area (Å²) in [7, 11) is 0. The van der Waals surface area contributed by atoms with Crippen LogP contribution < -0.4 is 10.6 Å². The van der Waals surface area contributed by atoms with E-state index < -0.39 is 0 Å². The molecule has 4 heteroatoms. The van der Waals surface area contributed by atoms with E-state index in [4.69, 9.17) is 0 Å². The van der Waals surface area contributed by atoms with Crippen LogP contribution in [0.5, 0.6) is 0 Å². The zero-order valence-corrected chi connectivity index (χ0v) is 10.6. The Morgan fingerprint density at radius 1 is 1.39 bits per heavy atom. The molecule has 0 saturated carbocycles. The molecule has 1 amide bonds. The van der Waals surface area contributed by atoms with Crippen LogP contribution in [-0.4, -0.2) is 24.5 Å². The number of nitrogens with one attached hydrogen (secondary N) is 2. The van der Waals surface area contributed by atoms with Gasteiger partial charge in [0, 0.05) is 18.6 Å². The van der Waals surface area contributed by atoms with Gasteiger partial charge in [-0.05, 0) is 37.5 Å². The zero-order valence-electron chi connectivity index (χ0n) is 10.6. The maximum atomic E-state index is 12.7. The van der Waals surface area contributed by atoms with Crippen LogP contribution in [0.25, 0.3) is 0 Å². The first-order chi connectivity index (χ1) is 8.63. The number of carbonyl (C=O) groups is 1. The molecule has 1 fully saturated rings. The minimum atomic E-state index is -0.273. The molecule has 1 aromatic carbocycles. The van der Waals surface area contributed by atoms with Gasteiger partial charge >= 0.3 is 0 Å². The Bertz CT molecular complexity index is 397. The molecular weight excluding hydrogens is 231 g/mol. The van der Waals surface area contributed by atoms with Crippen molar-refractivity contribution in [2.75, 3.05) is 6.54 Å². The molecule has 0 aromatic heterocycles. The fourth-order valence-corrected chi connectivity index (χ4v) is 2.19. The Hall–Kier alpha value is -1.42. The van der Waals surface area contributed by atoms with Crippen LogP contribution in [-0.2, 0) is 11.2 Å². The molecule has 1 aliphatic rings. The molecule has 2 N–H and O–H groups in total. The molecule has 98 valence electrons. The molecular formula is C14H19FN2O. The SMILES string of the molecule is CC1CCC(NC(=O)Cc2ccc(F)cc2)CN1. The van der Waals surface area contributed by atoms with Gasteiger partial charge in [-0.3, -0.25) is 4.79 Å². The van der Waals surface area contributed by atoms with Crippen LogP contribution >= 0.6 is 0 Å². The summed E-state index contributed by atoms with van der Waals surface area (Å²) in [6.45, 7) is 2.98. The van der Waals surface area contributed by atoms with Crippen molar-refractivity contribution < 1.29 is 9.18 Å². The van der Waals surface area contributed by atoms with Crippen LogP contribution in [0.3, 0.4) is 0 Å². The monoisotopic (exact) mass is 250 g/mol. The van der Waals surface area contributed by atoms with Crippen molar-refractivity contribution in [3.05, 3.63) is 35.6 Å². The number of amides is 1. The van der Waals surface area contributed by atoms with Gasteiger partial charge in [0.15, 0.2) is 0 Å². The van der Waals surface area contributed by atoms with Gasteiger partial charge < -0.3 is 10.6 Å². The molecule has 0 radical (unpaired) electrons. The summed E-state index contributed by atoms with van der Waals surface area (Å²) in [6.07, 6.45) is 2.41. The molecule has 1 heterocycles. The molecule has 0 aliphatic carbocycles. The van der Waals surface area contributed by atoms with Gasteiger partial charge in [-0.1, -0.05) is 12.1 Å². The van der Waals surface area contributed by atoms with Gasteiger partial charge in [-0.2, -0.15) is 0 Å². The number of piperidine rings is 1. The third kappa shape index (κ3) is 3.81. The van der Waals surface area contributed by atoms with Crippen LogP contribution in [0.4, 0.5) is 4.39 Å². The summed E-state index contributed by atoms with van der Waals surface area (Å²) in [5, 5.41) is 6.35. The summed E-state index contributed by atoms with van der Waals surface area (Å²) in [4.78, 5) is 11.8. The van der Waals surface area contributed by atoms with Crippen molar-refractivity contribution in [2.45, 2.75) is 38.3 Å². The van der Waals surface area contributed by atoms with Crippen LogP contribution in [0.2, 0.25) is 0 Å². The lowest BCUT2D eigenvalue weighted by molar-refractivity contribution is -0.121. The van der Waals surface area contributed by atoms with Crippen LogP contribution in [0.1, 0.15) is 25.3 Å². The lowest BCUT2D eigenvalue weighted by atomic mass is 10.0. The van der Waals surface area contributed by atoms with Crippen LogP contribution in [0, 0.1) is 5.82 Å². The second kappa shape index (κ2) is 5.96. The van der Waals surface area contributed by atoms with E-state index >= 15 is 0 Å². The summed E-state index contributed by atoms with van der Waals surface area (Å²) in [5.41, 5.74) is 0.839. The normalized spacial score (nSPS) is 23.7. The predicted molar refractivity (Wildman–Crippen MR) is 68.7 cm³/mol. The second-order valence-electron chi connectivity index (χ2n) is 4.95. The Morgan fingerprint density at radius 3 is 2.72 bits per heavy atom. The first-order valence-electron chi connectivity index (χ1n) is 6.40. The zero-order chi connectivity index (χ0) is 13.0. The number of carbonyl (C=O) groups excluding carboxylic acids is 1. The highest BCUT2D eigenvalue weighted by Gasteiger charge is 2.18. The molecule has 2 unspecified atom stereocenters. The number of rotatable bonds is 3. The largest absolute Gasteiger partial charge is 0.352 e. The highest BCUT2D eigenvalue weighted by molar-refractivity contribution is 5.78. The lowest BCUT2D eigenvalue weighted by Gasteiger charge is -2.28. The summed E-state index contributed by atoms with van der Waals surface area (Å²) < 4.78 is 12.7. The van der Waals surface area contributed by atoms with Gasteiger partial charge in [0.2, 0.25) is 5.91 Å². The minimum Gasteiger partial charge on any atom is -0.352 e. The maximum Gasteiger partial charge on any atom is 0.224 e. The van der Waals surface area contributed by atoms with Gasteiger partial charge in [-0.25, -0.2) is 4.39 Å². The first-order valence-corrected chi connectivity index (χ1v) is 6.40. The molecule has 2 atom stereocenters. The Labute approximate surface area is 107 Å². The van der Waals surface area contributed by atoms with Crippen LogP contribution in [0.15, 0.2) is 24.3 Å². The van der Waals surface area contributed by atoms with Crippen molar-refractivity contribution in [2.24, 2.45) is 0 Å². The van der Waals surface area contributed by atoms with E-state index in [0.717, 1.165) is 24.9 Å². The van der Waals surface area contributed by atoms with E-state index in [-0.39, 0.29) is 17.8 Å². The Kier molecular flexibility index (Phi) is 4.31. The molecule has 2 rings (SSSR count). The van der Waals surface area contributed by atoms with Gasteiger partial charge in [0.25, 0.3) is 0 Å². The smallest absolute Gasteiger partial charge is 0.224 e. The molecule has 0 spiro atoms. The van der Waals surface area contributed by atoms with E-state index in [1.165, 1.54) is 12.1 Å². The molecule has 0 bridgehead atoms. The minimum absolute atomic E-state index is 0.00274. The second-order valence-corrected chi connectivity index (χ2v) is 4.95. The van der Waals surface area contributed by atoms with Crippen molar-refractivity contribution in [1.82, 2.24) is 10.6 Å². The topological polar surface area (TPSA) is 41.1 Å². The summed E-state index contributed by atoms with van der Waals surface area (Å²) in [6, 6.07) is 6.81. The standard InChI is InChI=1S/C14H19FN2O/c1-10-2-7-13(9-16-10)17-14(18)8-11-3-5-12(15)6-4-11/h3-6,10,13,16H,2,7-9H2,1H3,(H,17,18). The third-order valence-corrected chi connectivity index (χ3v) is 3.30. The van der Waals surface area contributed by atoms with E-state index in [9.17, 15) is 9.18 Å². The fraction of sp³-hybridized carbons (Fsp3) is 0.500. The number of halogens is 1. The van der Waals surface area contributed by atoms with E-state index in [1.807, 2.05) is 0 Å². The van der Waals surface area contributed by atoms with Crippen molar-refractivity contribution in [3.8, 4) is 0 Å². The van der Waals surface area contributed by atoms with E-state index in [0.29, 0.717) is 12.5 Å². The number of hydrogen-bond donors (Lipinski definition) is 2. The van der Waals surface area contributed by atoms with Gasteiger partial charge in [-0.15, -0.1) is 0 Å². The maximum absolute atomic E-state index is 12.7.